The number of hydrogen-bond donors (Lipinski definition) is 1. The highest BCUT2D eigenvalue weighted by atomic mass is 35.5. The second kappa shape index (κ2) is 10.4. The molecular weight excluding hydrogens is 338 g/mol. The van der Waals surface area contributed by atoms with E-state index in [4.69, 9.17) is 11.6 Å². The molecule has 0 saturated carbocycles. The lowest BCUT2D eigenvalue weighted by Gasteiger charge is -2.34. The number of nitrogens with one attached hydrogen (secondary N) is 1. The standard InChI is InChI=1S/C19H28ClN3O2/c1-16(24)21-10-4-2-3-5-19(25)23-13-11-22(12-14-23)15-17-6-8-18(20)9-7-17/h6-9H,2-5,10-15H2,1H3,(H,21,24). The number of piperazine rings is 1. The Kier molecular flexibility index (Phi) is 8.22. The van der Waals surface area contributed by atoms with Crippen molar-refractivity contribution in [1.29, 1.82) is 0 Å². The first kappa shape index (κ1) is 19.7. The molecular formula is C19H28ClN3O2. The van der Waals surface area contributed by atoms with E-state index in [1.54, 1.807) is 0 Å². The molecule has 5 nitrogen and oxygen atoms in total. The molecule has 0 aromatic heterocycles. The van der Waals surface area contributed by atoms with Gasteiger partial charge in [0.05, 0.1) is 0 Å². The van der Waals surface area contributed by atoms with E-state index in [2.05, 4.69) is 22.3 Å². The Bertz CT molecular complexity index is 554. The highest BCUT2D eigenvalue weighted by Gasteiger charge is 2.20. The minimum absolute atomic E-state index is 0.00699. The van der Waals surface area contributed by atoms with E-state index in [0.717, 1.165) is 57.0 Å². The van der Waals surface area contributed by atoms with E-state index in [1.165, 1.54) is 12.5 Å². The number of nitrogens with zero attached hydrogens (tertiary/aromatic N) is 2. The van der Waals surface area contributed by atoms with E-state index in [9.17, 15) is 9.59 Å². The maximum absolute atomic E-state index is 12.3. The predicted molar refractivity (Wildman–Crippen MR) is 100 cm³/mol. The van der Waals surface area contributed by atoms with Gasteiger partial charge in [-0.15, -0.1) is 0 Å². The number of hydrogen-bond acceptors (Lipinski definition) is 3. The van der Waals surface area contributed by atoms with Gasteiger partial charge in [-0.05, 0) is 30.5 Å². The van der Waals surface area contributed by atoms with Gasteiger partial charge in [0, 0.05) is 57.6 Å². The highest BCUT2D eigenvalue weighted by molar-refractivity contribution is 6.30. The molecule has 0 unspecified atom stereocenters. The fourth-order valence-corrected chi connectivity index (χ4v) is 3.13. The van der Waals surface area contributed by atoms with E-state index in [1.807, 2.05) is 17.0 Å². The normalized spacial score (nSPS) is 15.2. The molecule has 0 radical (unpaired) electrons. The third-order valence-corrected chi connectivity index (χ3v) is 4.74. The number of halogens is 1. The van der Waals surface area contributed by atoms with Crippen molar-refractivity contribution in [3.05, 3.63) is 34.9 Å². The highest BCUT2D eigenvalue weighted by Crippen LogP contribution is 2.13. The number of carbonyl (C=O) groups excluding carboxylic acids is 2. The number of unbranched alkanes of at least 4 members (excludes halogenated alkanes) is 2. The summed E-state index contributed by atoms with van der Waals surface area (Å²) in [5.41, 5.74) is 1.25. The Labute approximate surface area is 155 Å². The average molecular weight is 366 g/mol. The summed E-state index contributed by atoms with van der Waals surface area (Å²) in [5, 5.41) is 3.54. The van der Waals surface area contributed by atoms with Gasteiger partial charge in [-0.1, -0.05) is 30.2 Å². The quantitative estimate of drug-likeness (QED) is 0.720. The van der Waals surface area contributed by atoms with Crippen LogP contribution in [0, 0.1) is 0 Å². The molecule has 0 atom stereocenters. The molecule has 1 fully saturated rings. The third kappa shape index (κ3) is 7.45. The number of rotatable bonds is 8. The van der Waals surface area contributed by atoms with E-state index < -0.39 is 0 Å². The maximum Gasteiger partial charge on any atom is 0.222 e. The molecule has 1 N–H and O–H groups in total. The topological polar surface area (TPSA) is 52.7 Å². The van der Waals surface area contributed by atoms with E-state index in [0.29, 0.717) is 13.0 Å². The predicted octanol–water partition coefficient (Wildman–Crippen LogP) is 2.68. The lowest BCUT2D eigenvalue weighted by molar-refractivity contribution is -0.133. The Morgan fingerprint density at radius 2 is 1.72 bits per heavy atom. The number of amides is 2. The summed E-state index contributed by atoms with van der Waals surface area (Å²) >= 11 is 5.92. The largest absolute Gasteiger partial charge is 0.356 e. The van der Waals surface area contributed by atoms with Crippen molar-refractivity contribution in [2.45, 2.75) is 39.2 Å². The zero-order chi connectivity index (χ0) is 18.1. The van der Waals surface area contributed by atoms with E-state index in [-0.39, 0.29) is 11.8 Å². The van der Waals surface area contributed by atoms with Crippen LogP contribution in [0.4, 0.5) is 0 Å². The molecule has 1 aromatic rings. The molecule has 1 aliphatic heterocycles. The van der Waals surface area contributed by atoms with Crippen LogP contribution in [0.15, 0.2) is 24.3 Å². The van der Waals surface area contributed by atoms with Gasteiger partial charge in [0.2, 0.25) is 11.8 Å². The van der Waals surface area contributed by atoms with Crippen molar-refractivity contribution < 1.29 is 9.59 Å². The van der Waals surface area contributed by atoms with Gasteiger partial charge in [0.25, 0.3) is 0 Å². The fraction of sp³-hybridized carbons (Fsp3) is 0.579. The van der Waals surface area contributed by atoms with Crippen molar-refractivity contribution in [2.75, 3.05) is 32.7 Å². The lowest BCUT2D eigenvalue weighted by atomic mass is 10.1. The summed E-state index contributed by atoms with van der Waals surface area (Å²) < 4.78 is 0. The first-order valence-corrected chi connectivity index (χ1v) is 9.41. The summed E-state index contributed by atoms with van der Waals surface area (Å²) in [7, 11) is 0. The summed E-state index contributed by atoms with van der Waals surface area (Å²) in [6.45, 7) is 6.57. The molecule has 0 aliphatic carbocycles. The Balaban J connectivity index is 1.60. The van der Waals surface area contributed by atoms with Crippen LogP contribution in [0.3, 0.4) is 0 Å². The lowest BCUT2D eigenvalue weighted by Crippen LogP contribution is -2.48. The summed E-state index contributed by atoms with van der Waals surface area (Å²) in [6, 6.07) is 7.95. The summed E-state index contributed by atoms with van der Waals surface area (Å²) in [5.74, 6) is 0.262. The van der Waals surface area contributed by atoms with Gasteiger partial charge in [0.1, 0.15) is 0 Å². The van der Waals surface area contributed by atoms with Gasteiger partial charge in [-0.2, -0.15) is 0 Å². The van der Waals surface area contributed by atoms with Crippen LogP contribution in [0.25, 0.3) is 0 Å². The molecule has 2 rings (SSSR count). The molecule has 1 aromatic carbocycles. The van der Waals surface area contributed by atoms with Crippen LogP contribution < -0.4 is 5.32 Å². The molecule has 138 valence electrons. The first-order chi connectivity index (χ1) is 12.0. The van der Waals surface area contributed by atoms with Gasteiger partial charge in [-0.3, -0.25) is 14.5 Å². The second-order valence-electron chi connectivity index (χ2n) is 6.58. The number of carbonyl (C=O) groups is 2. The minimum Gasteiger partial charge on any atom is -0.356 e. The Morgan fingerprint density at radius 3 is 2.36 bits per heavy atom. The molecule has 1 heterocycles. The first-order valence-electron chi connectivity index (χ1n) is 9.03. The van der Waals surface area contributed by atoms with Crippen molar-refractivity contribution in [3.8, 4) is 0 Å². The average Bonchev–Trinajstić information content (AvgIpc) is 2.60. The van der Waals surface area contributed by atoms with Gasteiger partial charge in [-0.25, -0.2) is 0 Å². The van der Waals surface area contributed by atoms with Gasteiger partial charge >= 0.3 is 0 Å². The number of benzene rings is 1. The molecule has 25 heavy (non-hydrogen) atoms. The van der Waals surface area contributed by atoms with Crippen molar-refractivity contribution in [1.82, 2.24) is 15.1 Å². The molecule has 1 aliphatic rings. The Morgan fingerprint density at radius 1 is 1.04 bits per heavy atom. The smallest absolute Gasteiger partial charge is 0.222 e. The molecule has 0 spiro atoms. The van der Waals surface area contributed by atoms with Crippen LogP contribution in [0.5, 0.6) is 0 Å². The minimum atomic E-state index is 0.00699. The molecule has 6 heteroatoms. The van der Waals surface area contributed by atoms with E-state index >= 15 is 0 Å². The zero-order valence-electron chi connectivity index (χ0n) is 15.0. The van der Waals surface area contributed by atoms with Crippen LogP contribution in [-0.4, -0.2) is 54.3 Å². The summed E-state index contributed by atoms with van der Waals surface area (Å²) in [6.07, 6.45) is 3.41. The monoisotopic (exact) mass is 365 g/mol. The van der Waals surface area contributed by atoms with Crippen LogP contribution >= 0.6 is 11.6 Å². The SMILES string of the molecule is CC(=O)NCCCCCC(=O)N1CCN(Cc2ccc(Cl)cc2)CC1. The second-order valence-corrected chi connectivity index (χ2v) is 7.01. The fourth-order valence-electron chi connectivity index (χ4n) is 3.00. The van der Waals surface area contributed by atoms with Crippen molar-refractivity contribution in [2.24, 2.45) is 0 Å². The summed E-state index contributed by atoms with van der Waals surface area (Å²) in [4.78, 5) is 27.4. The van der Waals surface area contributed by atoms with Crippen LogP contribution in [0.1, 0.15) is 38.2 Å². The van der Waals surface area contributed by atoms with Crippen LogP contribution in [0.2, 0.25) is 5.02 Å². The molecule has 0 bridgehead atoms. The van der Waals surface area contributed by atoms with Crippen molar-refractivity contribution >= 4 is 23.4 Å². The van der Waals surface area contributed by atoms with Gasteiger partial charge in [0.15, 0.2) is 0 Å². The molecule has 2 amide bonds. The van der Waals surface area contributed by atoms with Gasteiger partial charge < -0.3 is 10.2 Å². The van der Waals surface area contributed by atoms with Crippen molar-refractivity contribution in [3.63, 3.8) is 0 Å². The maximum atomic E-state index is 12.3. The third-order valence-electron chi connectivity index (χ3n) is 4.49. The Hall–Kier alpha value is -1.59. The van der Waals surface area contributed by atoms with Crippen LogP contribution in [-0.2, 0) is 16.1 Å². The molecule has 1 saturated heterocycles. The zero-order valence-corrected chi connectivity index (χ0v) is 15.7.